The van der Waals surface area contributed by atoms with Gasteiger partial charge in [-0.15, -0.1) is 0 Å². The van der Waals surface area contributed by atoms with Gasteiger partial charge in [0, 0.05) is 13.0 Å². The zero-order valence-electron chi connectivity index (χ0n) is 15.9. The van der Waals surface area contributed by atoms with E-state index in [1.54, 1.807) is 4.57 Å². The van der Waals surface area contributed by atoms with Crippen LogP contribution < -0.4 is 16.6 Å². The van der Waals surface area contributed by atoms with E-state index in [0.717, 1.165) is 18.4 Å². The van der Waals surface area contributed by atoms with Gasteiger partial charge in [0.25, 0.3) is 11.5 Å². The fraction of sp³-hybridized carbons (Fsp3) is 0.421. The van der Waals surface area contributed by atoms with Crippen molar-refractivity contribution >= 4 is 28.9 Å². The third kappa shape index (κ3) is 5.38. The zero-order chi connectivity index (χ0) is 20.7. The summed E-state index contributed by atoms with van der Waals surface area (Å²) in [5.41, 5.74) is 6.31. The summed E-state index contributed by atoms with van der Waals surface area (Å²) in [5.74, 6) is -1.49. The van der Waals surface area contributed by atoms with Crippen molar-refractivity contribution in [2.24, 2.45) is 5.73 Å². The lowest BCUT2D eigenvalue weighted by Crippen LogP contribution is -2.42. The number of aromatic nitrogens is 2. The number of nitrogens with two attached hydrogens (primary N) is 1. The Morgan fingerprint density at radius 3 is 2.68 bits per heavy atom. The second kappa shape index (κ2) is 9.63. The zero-order valence-corrected chi connectivity index (χ0v) is 15.9. The highest BCUT2D eigenvalue weighted by Gasteiger charge is 2.20. The minimum absolute atomic E-state index is 0.0821. The van der Waals surface area contributed by atoms with Gasteiger partial charge in [-0.1, -0.05) is 25.5 Å². The van der Waals surface area contributed by atoms with Gasteiger partial charge in [-0.2, -0.15) is 0 Å². The summed E-state index contributed by atoms with van der Waals surface area (Å²) in [4.78, 5) is 51.4. The number of unbranched alkanes of at least 4 members (excludes halogenated alkanes) is 1. The van der Waals surface area contributed by atoms with Crippen molar-refractivity contribution in [3.05, 3.63) is 40.3 Å². The Balaban J connectivity index is 2.12. The topological polar surface area (TPSA) is 133 Å². The molecule has 3 N–H and O–H groups in total. The first-order chi connectivity index (χ1) is 13.3. The molecule has 150 valence electrons. The van der Waals surface area contributed by atoms with Gasteiger partial charge in [0.2, 0.25) is 0 Å². The number of urea groups is 1. The summed E-state index contributed by atoms with van der Waals surface area (Å²) >= 11 is 0. The van der Waals surface area contributed by atoms with Crippen LogP contribution in [0, 0.1) is 0 Å². The Labute approximate surface area is 161 Å². The van der Waals surface area contributed by atoms with E-state index >= 15 is 0 Å². The van der Waals surface area contributed by atoms with Crippen LogP contribution in [0.4, 0.5) is 4.79 Å². The van der Waals surface area contributed by atoms with Crippen LogP contribution in [0.2, 0.25) is 0 Å². The molecule has 0 aliphatic rings. The molecule has 1 atom stereocenters. The molecule has 28 heavy (non-hydrogen) atoms. The molecule has 1 aromatic heterocycles. The highest BCUT2D eigenvalue weighted by molar-refractivity contribution is 5.96. The maximum Gasteiger partial charge on any atom is 0.318 e. The van der Waals surface area contributed by atoms with Gasteiger partial charge < -0.3 is 15.0 Å². The van der Waals surface area contributed by atoms with Crippen molar-refractivity contribution in [3.63, 3.8) is 0 Å². The first kappa shape index (κ1) is 21.1. The summed E-state index contributed by atoms with van der Waals surface area (Å²) in [6.07, 6.45) is 0.574. The molecule has 2 aromatic rings. The van der Waals surface area contributed by atoms with E-state index in [2.05, 4.69) is 4.98 Å². The number of fused-ring (bicyclic) bond motifs is 1. The second-order valence-corrected chi connectivity index (χ2v) is 6.34. The largest absolute Gasteiger partial charge is 0.453 e. The van der Waals surface area contributed by atoms with Crippen LogP contribution in [-0.2, 0) is 27.3 Å². The summed E-state index contributed by atoms with van der Waals surface area (Å²) in [5, 5.41) is 1.83. The van der Waals surface area contributed by atoms with Gasteiger partial charge in [-0.3, -0.25) is 19.7 Å². The number of ether oxygens (including phenoxy) is 1. The summed E-state index contributed by atoms with van der Waals surface area (Å²) in [6, 6.07) is 6.31. The number of carbonyl (C=O) groups is 3. The monoisotopic (exact) mass is 388 g/mol. The van der Waals surface area contributed by atoms with Crippen molar-refractivity contribution in [3.8, 4) is 0 Å². The fourth-order valence-electron chi connectivity index (χ4n) is 2.70. The van der Waals surface area contributed by atoms with E-state index in [1.807, 2.05) is 36.5 Å². The van der Waals surface area contributed by atoms with Crippen molar-refractivity contribution in [1.82, 2.24) is 14.9 Å². The summed E-state index contributed by atoms with van der Waals surface area (Å²) in [7, 11) is 0. The van der Waals surface area contributed by atoms with Gasteiger partial charge in [-0.25, -0.2) is 9.78 Å². The molecule has 0 bridgehead atoms. The predicted molar refractivity (Wildman–Crippen MR) is 103 cm³/mol. The van der Waals surface area contributed by atoms with Crippen molar-refractivity contribution in [2.75, 3.05) is 0 Å². The number of para-hydroxylation sites is 2. The molecule has 1 aromatic carbocycles. The maximum atomic E-state index is 12.8. The van der Waals surface area contributed by atoms with Crippen LogP contribution >= 0.6 is 0 Å². The molecule has 0 saturated heterocycles. The van der Waals surface area contributed by atoms with Crippen LogP contribution in [0.3, 0.4) is 0 Å². The standard InChI is InChI=1S/C19H24N4O5/c1-3-4-11-23-15-8-6-5-7-13(15)21-14(18(23)26)9-10-16(24)28-12(2)17(25)22-19(20)27/h5-8,12H,3-4,9-11H2,1-2H3,(H3,20,22,25,27)/t12-/m1/s1. The van der Waals surface area contributed by atoms with Gasteiger partial charge in [0.05, 0.1) is 17.5 Å². The Kier molecular flexibility index (Phi) is 7.25. The lowest BCUT2D eigenvalue weighted by atomic mass is 10.2. The van der Waals surface area contributed by atoms with Gasteiger partial charge >= 0.3 is 12.0 Å². The number of amides is 3. The minimum atomic E-state index is -1.18. The molecular weight excluding hydrogens is 364 g/mol. The number of benzene rings is 1. The molecule has 9 heteroatoms. The van der Waals surface area contributed by atoms with E-state index in [1.165, 1.54) is 6.92 Å². The minimum Gasteiger partial charge on any atom is -0.453 e. The quantitative estimate of drug-likeness (QED) is 0.654. The van der Waals surface area contributed by atoms with Crippen LogP contribution in [0.1, 0.15) is 38.8 Å². The molecule has 3 amide bonds. The highest BCUT2D eigenvalue weighted by atomic mass is 16.5. The molecule has 0 aliphatic carbocycles. The molecule has 0 saturated carbocycles. The van der Waals surface area contributed by atoms with E-state index in [4.69, 9.17) is 10.5 Å². The van der Waals surface area contributed by atoms with Crippen molar-refractivity contribution in [2.45, 2.75) is 52.2 Å². The number of carbonyl (C=O) groups excluding carboxylic acids is 3. The molecule has 0 spiro atoms. The number of aryl methyl sites for hydroxylation is 2. The fourth-order valence-corrected chi connectivity index (χ4v) is 2.70. The molecule has 2 rings (SSSR count). The van der Waals surface area contributed by atoms with Crippen LogP contribution in [0.5, 0.6) is 0 Å². The number of hydrogen-bond acceptors (Lipinski definition) is 6. The van der Waals surface area contributed by atoms with Crippen LogP contribution in [-0.4, -0.2) is 33.6 Å². The van der Waals surface area contributed by atoms with Gasteiger partial charge in [0.1, 0.15) is 5.69 Å². The molecule has 9 nitrogen and oxygen atoms in total. The van der Waals surface area contributed by atoms with Crippen LogP contribution in [0.25, 0.3) is 11.0 Å². The van der Waals surface area contributed by atoms with Crippen molar-refractivity contribution < 1.29 is 19.1 Å². The number of primary amides is 1. The first-order valence-electron chi connectivity index (χ1n) is 9.11. The van der Waals surface area contributed by atoms with Gasteiger partial charge in [0.15, 0.2) is 6.10 Å². The number of nitrogens with one attached hydrogen (secondary N) is 1. The van der Waals surface area contributed by atoms with Crippen molar-refractivity contribution in [1.29, 1.82) is 0 Å². The Bertz CT molecular complexity index is 938. The average Bonchev–Trinajstić information content (AvgIpc) is 2.65. The van der Waals surface area contributed by atoms with E-state index < -0.39 is 24.0 Å². The number of rotatable bonds is 8. The summed E-state index contributed by atoms with van der Waals surface area (Å²) in [6.45, 7) is 3.93. The number of nitrogens with zero attached hydrogens (tertiary/aromatic N) is 2. The normalized spacial score (nSPS) is 11.8. The maximum absolute atomic E-state index is 12.8. The molecule has 0 radical (unpaired) electrons. The molecule has 0 unspecified atom stereocenters. The Hall–Kier alpha value is -3.23. The molecule has 0 fully saturated rings. The third-order valence-corrected chi connectivity index (χ3v) is 4.15. The Morgan fingerprint density at radius 2 is 2.00 bits per heavy atom. The molecule has 0 aliphatic heterocycles. The van der Waals surface area contributed by atoms with Gasteiger partial charge in [-0.05, 0) is 25.5 Å². The second-order valence-electron chi connectivity index (χ2n) is 6.34. The number of imide groups is 1. The molecule has 1 heterocycles. The number of esters is 1. The lowest BCUT2D eigenvalue weighted by molar-refractivity contribution is -0.154. The first-order valence-corrected chi connectivity index (χ1v) is 9.11. The average molecular weight is 388 g/mol. The SMILES string of the molecule is CCCCn1c(=O)c(CCC(=O)O[C@H](C)C(=O)NC(N)=O)nc2ccccc21. The Morgan fingerprint density at radius 1 is 1.29 bits per heavy atom. The molecular formula is C19H24N4O5. The smallest absolute Gasteiger partial charge is 0.318 e. The predicted octanol–water partition coefficient (Wildman–Crippen LogP) is 1.26. The van der Waals surface area contributed by atoms with E-state index in [9.17, 15) is 19.2 Å². The van der Waals surface area contributed by atoms with Crippen LogP contribution in [0.15, 0.2) is 29.1 Å². The van der Waals surface area contributed by atoms with E-state index in [-0.39, 0.29) is 24.1 Å². The third-order valence-electron chi connectivity index (χ3n) is 4.15. The lowest BCUT2D eigenvalue weighted by Gasteiger charge is -2.13. The highest BCUT2D eigenvalue weighted by Crippen LogP contribution is 2.12. The summed E-state index contributed by atoms with van der Waals surface area (Å²) < 4.78 is 6.64. The number of hydrogen-bond donors (Lipinski definition) is 2. The van der Waals surface area contributed by atoms with E-state index in [0.29, 0.717) is 12.1 Å².